The third-order valence-corrected chi connectivity index (χ3v) is 5.45. The number of para-hydroxylation sites is 2. The van der Waals surface area contributed by atoms with E-state index < -0.39 is 0 Å². The van der Waals surface area contributed by atoms with Gasteiger partial charge >= 0.3 is 0 Å². The molecular formula is C25H27IN2. The van der Waals surface area contributed by atoms with Gasteiger partial charge in [0.15, 0.2) is 0 Å². The second kappa shape index (κ2) is 9.37. The summed E-state index contributed by atoms with van der Waals surface area (Å²) in [4.78, 5) is 2.32. The van der Waals surface area contributed by atoms with E-state index >= 15 is 0 Å². The van der Waals surface area contributed by atoms with E-state index in [1.165, 1.54) is 27.8 Å². The number of aromatic nitrogens is 1. The third-order valence-electron chi connectivity index (χ3n) is 5.45. The molecule has 0 N–H and O–H groups in total. The molecule has 1 atom stereocenters. The highest BCUT2D eigenvalue weighted by Gasteiger charge is 2.19. The van der Waals surface area contributed by atoms with Crippen LogP contribution in [0.2, 0.25) is 0 Å². The number of rotatable bonds is 5. The van der Waals surface area contributed by atoms with Crippen LogP contribution in [0.1, 0.15) is 37.4 Å². The van der Waals surface area contributed by atoms with E-state index in [9.17, 15) is 0 Å². The minimum absolute atomic E-state index is 0. The van der Waals surface area contributed by atoms with Gasteiger partial charge in [0, 0.05) is 47.9 Å². The predicted octanol–water partition coefficient (Wildman–Crippen LogP) is 2.69. The van der Waals surface area contributed by atoms with Gasteiger partial charge in [-0.05, 0) is 44.0 Å². The van der Waals surface area contributed by atoms with Gasteiger partial charge in [-0.1, -0.05) is 42.5 Å². The Kier molecular flexibility index (Phi) is 6.89. The molecule has 0 saturated heterocycles. The monoisotopic (exact) mass is 482 g/mol. The summed E-state index contributed by atoms with van der Waals surface area (Å²) in [6.45, 7) is 6.39. The van der Waals surface area contributed by atoms with Crippen LogP contribution in [0.3, 0.4) is 0 Å². The van der Waals surface area contributed by atoms with E-state index in [2.05, 4.69) is 108 Å². The summed E-state index contributed by atoms with van der Waals surface area (Å²) in [6, 6.07) is 21.8. The van der Waals surface area contributed by atoms with Crippen molar-refractivity contribution in [1.29, 1.82) is 0 Å². The minimum Gasteiger partial charge on any atom is -1.00 e. The number of halogens is 1. The molecule has 3 heteroatoms. The maximum atomic E-state index is 2.38. The summed E-state index contributed by atoms with van der Waals surface area (Å²) in [5, 5.41) is 1.29. The Bertz CT molecular complexity index is 1010. The molecule has 0 saturated carbocycles. The molecule has 144 valence electrons. The molecule has 0 spiro atoms. The summed E-state index contributed by atoms with van der Waals surface area (Å²) in [5.41, 5.74) is 5.33. The second-order valence-corrected chi connectivity index (χ2v) is 6.99. The van der Waals surface area contributed by atoms with Crippen molar-refractivity contribution in [3.63, 3.8) is 0 Å². The van der Waals surface area contributed by atoms with Gasteiger partial charge < -0.3 is 28.9 Å². The number of benzene rings is 2. The zero-order valence-electron chi connectivity index (χ0n) is 16.6. The fourth-order valence-corrected chi connectivity index (χ4v) is 4.05. The van der Waals surface area contributed by atoms with Crippen molar-refractivity contribution in [1.82, 2.24) is 0 Å². The Morgan fingerprint density at radius 3 is 2.57 bits per heavy atom. The van der Waals surface area contributed by atoms with E-state index in [-0.39, 0.29) is 24.0 Å². The highest BCUT2D eigenvalue weighted by Crippen LogP contribution is 2.35. The topological polar surface area (TPSA) is 7.12 Å². The van der Waals surface area contributed by atoms with Crippen molar-refractivity contribution < 1.29 is 28.5 Å². The molecular weight excluding hydrogens is 455 g/mol. The Balaban J connectivity index is 0.00000225. The SMILES string of the molecule is CCN1C=CC(CC=Cc2ccc3ccccc3[n+]2CC)c2ccccc21.[I-]. The fourth-order valence-electron chi connectivity index (χ4n) is 4.05. The average Bonchev–Trinajstić information content (AvgIpc) is 2.73. The molecule has 0 bridgehead atoms. The van der Waals surface area contributed by atoms with Crippen molar-refractivity contribution in [2.24, 2.45) is 0 Å². The first kappa shape index (κ1) is 20.6. The first-order valence-electron chi connectivity index (χ1n) is 9.93. The Morgan fingerprint density at radius 2 is 1.75 bits per heavy atom. The number of hydrogen-bond acceptors (Lipinski definition) is 1. The van der Waals surface area contributed by atoms with Crippen molar-refractivity contribution in [2.45, 2.75) is 32.7 Å². The smallest absolute Gasteiger partial charge is 0.212 e. The van der Waals surface area contributed by atoms with E-state index in [0.29, 0.717) is 5.92 Å². The molecule has 0 radical (unpaired) electrons. The van der Waals surface area contributed by atoms with E-state index in [1.54, 1.807) is 0 Å². The number of anilines is 1. The second-order valence-electron chi connectivity index (χ2n) is 6.99. The lowest BCUT2D eigenvalue weighted by Gasteiger charge is -2.29. The van der Waals surface area contributed by atoms with Crippen LogP contribution in [0.4, 0.5) is 5.69 Å². The molecule has 2 aromatic carbocycles. The molecule has 0 amide bonds. The first-order chi connectivity index (χ1) is 13.3. The molecule has 3 aromatic rings. The maximum Gasteiger partial charge on any atom is 0.212 e. The highest BCUT2D eigenvalue weighted by molar-refractivity contribution is 5.76. The standard InChI is InChI=1S/C25H27N2.HI/c1-3-26-19-18-20(23-13-6-8-15-25(23)26)11-9-12-22-17-16-21-10-5-7-14-24(21)27(22)4-2;/h5-10,12-20H,3-4,11H2,1-2H3;1H/q+1;/p-1. The van der Waals surface area contributed by atoms with Crippen molar-refractivity contribution in [3.8, 4) is 0 Å². The van der Waals surface area contributed by atoms with Crippen LogP contribution in [0.5, 0.6) is 0 Å². The van der Waals surface area contributed by atoms with Gasteiger partial charge in [-0.25, -0.2) is 0 Å². The van der Waals surface area contributed by atoms with Crippen LogP contribution < -0.4 is 33.4 Å². The van der Waals surface area contributed by atoms with Crippen LogP contribution in [0, 0.1) is 0 Å². The summed E-state index contributed by atoms with van der Waals surface area (Å²) in [7, 11) is 0. The van der Waals surface area contributed by atoms with Crippen LogP contribution in [0.25, 0.3) is 17.0 Å². The zero-order chi connectivity index (χ0) is 18.6. The molecule has 0 aliphatic carbocycles. The van der Waals surface area contributed by atoms with Gasteiger partial charge in [0.25, 0.3) is 0 Å². The Labute approximate surface area is 185 Å². The average molecular weight is 482 g/mol. The van der Waals surface area contributed by atoms with Gasteiger partial charge in [0.2, 0.25) is 11.2 Å². The van der Waals surface area contributed by atoms with E-state index in [1.807, 2.05) is 0 Å². The molecule has 1 unspecified atom stereocenters. The number of aryl methyl sites for hydroxylation is 1. The Morgan fingerprint density at radius 1 is 0.964 bits per heavy atom. The Hall–Kier alpha value is -2.14. The van der Waals surface area contributed by atoms with Crippen molar-refractivity contribution >= 4 is 22.7 Å². The molecule has 28 heavy (non-hydrogen) atoms. The van der Waals surface area contributed by atoms with Gasteiger partial charge in [-0.15, -0.1) is 0 Å². The van der Waals surface area contributed by atoms with Crippen molar-refractivity contribution in [3.05, 3.63) is 90.3 Å². The van der Waals surface area contributed by atoms with E-state index in [0.717, 1.165) is 19.5 Å². The third kappa shape index (κ3) is 4.00. The number of allylic oxidation sites excluding steroid dienone is 2. The quantitative estimate of drug-likeness (QED) is 0.401. The molecule has 2 nitrogen and oxygen atoms in total. The predicted molar refractivity (Wildman–Crippen MR) is 115 cm³/mol. The molecule has 1 aliphatic heterocycles. The van der Waals surface area contributed by atoms with Crippen LogP contribution >= 0.6 is 0 Å². The minimum atomic E-state index is 0. The van der Waals surface area contributed by atoms with Gasteiger partial charge in [-0.3, -0.25) is 0 Å². The number of pyridine rings is 1. The van der Waals surface area contributed by atoms with Crippen molar-refractivity contribution in [2.75, 3.05) is 11.4 Å². The molecule has 4 rings (SSSR count). The zero-order valence-corrected chi connectivity index (χ0v) is 18.7. The highest BCUT2D eigenvalue weighted by atomic mass is 127. The number of hydrogen-bond donors (Lipinski definition) is 0. The van der Waals surface area contributed by atoms with Gasteiger partial charge in [0.05, 0.1) is 0 Å². The summed E-state index contributed by atoms with van der Waals surface area (Å²) < 4.78 is 2.38. The van der Waals surface area contributed by atoms with Gasteiger partial charge in [0.1, 0.15) is 6.54 Å². The van der Waals surface area contributed by atoms with Crippen LogP contribution in [-0.4, -0.2) is 6.54 Å². The lowest BCUT2D eigenvalue weighted by Crippen LogP contribution is -3.00. The first-order valence-corrected chi connectivity index (χ1v) is 9.93. The summed E-state index contributed by atoms with van der Waals surface area (Å²) in [6.07, 6.45) is 10.2. The summed E-state index contributed by atoms with van der Waals surface area (Å²) >= 11 is 0. The molecule has 1 aromatic heterocycles. The lowest BCUT2D eigenvalue weighted by atomic mass is 9.91. The van der Waals surface area contributed by atoms with Crippen LogP contribution in [0.15, 0.2) is 79.0 Å². The number of nitrogens with zero attached hydrogens (tertiary/aromatic N) is 2. The van der Waals surface area contributed by atoms with Crippen LogP contribution in [-0.2, 0) is 6.54 Å². The van der Waals surface area contributed by atoms with Gasteiger partial charge in [-0.2, -0.15) is 4.57 Å². The number of fused-ring (bicyclic) bond motifs is 2. The fraction of sp³-hybridized carbons (Fsp3) is 0.240. The molecule has 0 fully saturated rings. The summed E-state index contributed by atoms with van der Waals surface area (Å²) in [5.74, 6) is 0.441. The largest absolute Gasteiger partial charge is 1.00 e. The molecule has 2 heterocycles. The lowest BCUT2D eigenvalue weighted by molar-refractivity contribution is -0.669. The van der Waals surface area contributed by atoms with E-state index in [4.69, 9.17) is 0 Å². The maximum absolute atomic E-state index is 2.38. The normalized spacial score (nSPS) is 15.6. The molecule has 1 aliphatic rings.